The van der Waals surface area contributed by atoms with Crippen molar-refractivity contribution >= 4 is 17.9 Å². The van der Waals surface area contributed by atoms with E-state index in [1.165, 1.54) is 212 Å². The molecule has 0 spiro atoms. The van der Waals surface area contributed by atoms with Gasteiger partial charge in [0.2, 0.25) is 0 Å². The van der Waals surface area contributed by atoms with Crippen LogP contribution in [0.2, 0.25) is 0 Å². The average Bonchev–Trinajstić information content (AvgIpc) is 3.27. The monoisotopic (exact) mass is 877 g/mol. The Kier molecular flexibility index (Phi) is 49.1. The summed E-state index contributed by atoms with van der Waals surface area (Å²) in [7, 11) is 0. The van der Waals surface area contributed by atoms with Crippen molar-refractivity contribution in [3.63, 3.8) is 0 Å². The Labute approximate surface area is 387 Å². The predicted octanol–water partition coefficient (Wildman–Crippen LogP) is 18.2. The summed E-state index contributed by atoms with van der Waals surface area (Å²) in [6, 6.07) is 0. The first-order valence-corrected chi connectivity index (χ1v) is 27.9. The maximum absolute atomic E-state index is 12.8. The van der Waals surface area contributed by atoms with Crippen LogP contribution < -0.4 is 0 Å². The standard InChI is InChI=1S/C56H108O6/c1-5-8-10-12-14-16-18-20-22-23-24-25-27-29-31-37-41-45-49-56(59)62-53(51-61-55(58)48-44-40-36-33-32-34-38-42-46-52(4)7-3)50-60-54(57)47-43-39-35-30-28-26-21-19-17-15-13-11-9-6-2/h52-53H,5-51H2,1-4H3/t52?,53-/m1/s1. The molecule has 0 aromatic heterocycles. The molecule has 0 aliphatic carbocycles. The summed E-state index contributed by atoms with van der Waals surface area (Å²) < 4.78 is 16.9. The van der Waals surface area contributed by atoms with Crippen LogP contribution in [0.1, 0.15) is 317 Å². The SMILES string of the molecule is CCCCCCCCCCCCCCCCCCCCC(=O)O[C@H](COC(=O)CCCCCCCCCCCCCCCC)COC(=O)CCCCCCCCCCC(C)CC. The van der Waals surface area contributed by atoms with Gasteiger partial charge in [0, 0.05) is 19.3 Å². The zero-order valence-corrected chi connectivity index (χ0v) is 42.3. The molecule has 368 valence electrons. The molecule has 6 heteroatoms. The second-order valence-corrected chi connectivity index (χ2v) is 19.5. The summed E-state index contributed by atoms with van der Waals surface area (Å²) >= 11 is 0. The molecule has 0 N–H and O–H groups in total. The quantitative estimate of drug-likeness (QED) is 0.0344. The van der Waals surface area contributed by atoms with E-state index in [0.717, 1.165) is 63.7 Å². The summed E-state index contributed by atoms with van der Waals surface area (Å²) in [6.07, 6.45) is 53.7. The smallest absolute Gasteiger partial charge is 0.306 e. The Morgan fingerprint density at radius 2 is 0.565 bits per heavy atom. The maximum atomic E-state index is 12.8. The summed E-state index contributed by atoms with van der Waals surface area (Å²) in [5, 5.41) is 0. The molecule has 0 bridgehead atoms. The number of hydrogen-bond acceptors (Lipinski definition) is 6. The van der Waals surface area contributed by atoms with Crippen LogP contribution in [0.3, 0.4) is 0 Å². The van der Waals surface area contributed by atoms with E-state index in [9.17, 15) is 14.4 Å². The second kappa shape index (κ2) is 50.4. The van der Waals surface area contributed by atoms with E-state index in [0.29, 0.717) is 19.3 Å². The fourth-order valence-electron chi connectivity index (χ4n) is 8.54. The lowest BCUT2D eigenvalue weighted by Gasteiger charge is -2.18. The number of ether oxygens (including phenoxy) is 3. The lowest BCUT2D eigenvalue weighted by atomic mass is 9.99. The number of hydrogen-bond donors (Lipinski definition) is 0. The second-order valence-electron chi connectivity index (χ2n) is 19.5. The van der Waals surface area contributed by atoms with Crippen molar-refractivity contribution in [2.45, 2.75) is 323 Å². The summed E-state index contributed by atoms with van der Waals surface area (Å²) in [4.78, 5) is 38.0. The van der Waals surface area contributed by atoms with E-state index < -0.39 is 6.10 Å². The highest BCUT2D eigenvalue weighted by Gasteiger charge is 2.19. The molecule has 62 heavy (non-hydrogen) atoms. The lowest BCUT2D eigenvalue weighted by molar-refractivity contribution is -0.167. The summed E-state index contributed by atoms with van der Waals surface area (Å²) in [6.45, 7) is 9.05. The molecular formula is C56H108O6. The molecule has 0 radical (unpaired) electrons. The van der Waals surface area contributed by atoms with Gasteiger partial charge in [0.1, 0.15) is 13.2 Å². The van der Waals surface area contributed by atoms with Crippen molar-refractivity contribution in [1.82, 2.24) is 0 Å². The van der Waals surface area contributed by atoms with Crippen LogP contribution in [0, 0.1) is 5.92 Å². The number of carbonyl (C=O) groups excluding carboxylic acids is 3. The van der Waals surface area contributed by atoms with Gasteiger partial charge in [-0.3, -0.25) is 14.4 Å². The molecule has 0 aliphatic rings. The number of unbranched alkanes of at least 4 members (excludes halogenated alkanes) is 37. The van der Waals surface area contributed by atoms with Crippen LogP contribution in [-0.2, 0) is 28.6 Å². The summed E-state index contributed by atoms with van der Waals surface area (Å²) in [5.41, 5.74) is 0. The summed E-state index contributed by atoms with van der Waals surface area (Å²) in [5.74, 6) is 0.00757. The molecule has 1 unspecified atom stereocenters. The van der Waals surface area contributed by atoms with Crippen molar-refractivity contribution < 1.29 is 28.6 Å². The minimum absolute atomic E-state index is 0.0626. The largest absolute Gasteiger partial charge is 0.462 e. The Balaban J connectivity index is 4.29. The molecule has 0 amide bonds. The molecule has 0 fully saturated rings. The van der Waals surface area contributed by atoms with E-state index in [-0.39, 0.29) is 31.1 Å². The zero-order chi connectivity index (χ0) is 45.2. The normalized spacial score (nSPS) is 12.4. The molecule has 2 atom stereocenters. The van der Waals surface area contributed by atoms with E-state index in [4.69, 9.17) is 14.2 Å². The van der Waals surface area contributed by atoms with Gasteiger partial charge in [-0.2, -0.15) is 0 Å². The lowest BCUT2D eigenvalue weighted by Crippen LogP contribution is -2.30. The first-order valence-electron chi connectivity index (χ1n) is 27.9. The van der Waals surface area contributed by atoms with Gasteiger partial charge in [0.15, 0.2) is 6.10 Å². The molecule has 0 saturated carbocycles. The Hall–Kier alpha value is -1.59. The number of esters is 3. The molecule has 0 aliphatic heterocycles. The van der Waals surface area contributed by atoms with Crippen molar-refractivity contribution in [3.05, 3.63) is 0 Å². The molecule has 6 nitrogen and oxygen atoms in total. The third-order valence-corrected chi connectivity index (χ3v) is 13.2. The van der Waals surface area contributed by atoms with Crippen LogP contribution in [0.15, 0.2) is 0 Å². The van der Waals surface area contributed by atoms with Crippen LogP contribution in [0.25, 0.3) is 0 Å². The van der Waals surface area contributed by atoms with Gasteiger partial charge in [-0.25, -0.2) is 0 Å². The van der Waals surface area contributed by atoms with Gasteiger partial charge < -0.3 is 14.2 Å². The van der Waals surface area contributed by atoms with Crippen LogP contribution in [0.4, 0.5) is 0 Å². The average molecular weight is 877 g/mol. The number of carbonyl (C=O) groups is 3. The first-order chi connectivity index (χ1) is 30.4. The van der Waals surface area contributed by atoms with Crippen molar-refractivity contribution in [2.75, 3.05) is 13.2 Å². The van der Waals surface area contributed by atoms with Gasteiger partial charge in [0.05, 0.1) is 0 Å². The first kappa shape index (κ1) is 60.4. The van der Waals surface area contributed by atoms with Crippen molar-refractivity contribution in [1.29, 1.82) is 0 Å². The Morgan fingerprint density at radius 1 is 0.323 bits per heavy atom. The van der Waals surface area contributed by atoms with Gasteiger partial charge in [-0.15, -0.1) is 0 Å². The van der Waals surface area contributed by atoms with Gasteiger partial charge in [-0.05, 0) is 25.2 Å². The van der Waals surface area contributed by atoms with E-state index in [1.807, 2.05) is 0 Å². The fourth-order valence-corrected chi connectivity index (χ4v) is 8.54. The van der Waals surface area contributed by atoms with Crippen LogP contribution >= 0.6 is 0 Å². The topological polar surface area (TPSA) is 78.9 Å². The molecule has 0 saturated heterocycles. The third-order valence-electron chi connectivity index (χ3n) is 13.2. The molecule has 0 aromatic rings. The molecular weight excluding hydrogens is 769 g/mol. The molecule has 0 aromatic carbocycles. The number of rotatable bonds is 51. The van der Waals surface area contributed by atoms with Crippen LogP contribution in [-0.4, -0.2) is 37.2 Å². The van der Waals surface area contributed by atoms with Gasteiger partial charge in [-0.1, -0.05) is 278 Å². The van der Waals surface area contributed by atoms with E-state index in [1.54, 1.807) is 0 Å². The van der Waals surface area contributed by atoms with Gasteiger partial charge >= 0.3 is 17.9 Å². The van der Waals surface area contributed by atoms with Crippen molar-refractivity contribution in [3.8, 4) is 0 Å². The minimum atomic E-state index is -0.761. The molecule has 0 heterocycles. The highest BCUT2D eigenvalue weighted by atomic mass is 16.6. The van der Waals surface area contributed by atoms with E-state index >= 15 is 0 Å². The third kappa shape index (κ3) is 47.9. The fraction of sp³-hybridized carbons (Fsp3) is 0.946. The zero-order valence-electron chi connectivity index (χ0n) is 42.3. The minimum Gasteiger partial charge on any atom is -0.462 e. The maximum Gasteiger partial charge on any atom is 0.306 e. The Morgan fingerprint density at radius 3 is 0.839 bits per heavy atom. The Bertz CT molecular complexity index is 935. The highest BCUT2D eigenvalue weighted by molar-refractivity contribution is 5.71. The predicted molar refractivity (Wildman–Crippen MR) is 266 cm³/mol. The van der Waals surface area contributed by atoms with Crippen molar-refractivity contribution in [2.24, 2.45) is 5.92 Å². The van der Waals surface area contributed by atoms with Crippen LogP contribution in [0.5, 0.6) is 0 Å². The molecule has 0 rings (SSSR count). The van der Waals surface area contributed by atoms with Gasteiger partial charge in [0.25, 0.3) is 0 Å². The van der Waals surface area contributed by atoms with E-state index in [2.05, 4.69) is 27.7 Å². The highest BCUT2D eigenvalue weighted by Crippen LogP contribution is 2.18.